The minimum absolute atomic E-state index is 0.0752. The molecule has 2 amide bonds. The number of carbonyl (C=O) groups excluding carboxylic acids is 2. The van der Waals surface area contributed by atoms with Gasteiger partial charge in [0.1, 0.15) is 5.25 Å². The Morgan fingerprint density at radius 1 is 1.19 bits per heavy atom. The van der Waals surface area contributed by atoms with Gasteiger partial charge in [-0.1, -0.05) is 59.8 Å². The van der Waals surface area contributed by atoms with Gasteiger partial charge in [-0.3, -0.25) is 9.59 Å². The number of hydrogen-bond donors (Lipinski definition) is 2. The molecular weight excluding hydrogens is 348 g/mol. The molecule has 26 heavy (non-hydrogen) atoms. The van der Waals surface area contributed by atoms with Crippen LogP contribution >= 0.6 is 11.8 Å². The van der Waals surface area contributed by atoms with Crippen molar-refractivity contribution in [1.82, 2.24) is 5.32 Å². The summed E-state index contributed by atoms with van der Waals surface area (Å²) < 4.78 is 0. The molecule has 1 heterocycles. The van der Waals surface area contributed by atoms with E-state index in [1.165, 1.54) is 11.8 Å². The van der Waals surface area contributed by atoms with Gasteiger partial charge in [0.05, 0.1) is 6.21 Å². The highest BCUT2D eigenvalue weighted by Gasteiger charge is 2.32. The second-order valence-corrected chi connectivity index (χ2v) is 6.97. The maximum Gasteiger partial charge on any atom is 0.240 e. The topological polar surface area (TPSA) is 82.9 Å². The highest BCUT2D eigenvalue weighted by Crippen LogP contribution is 2.23. The molecule has 1 aliphatic rings. The first-order valence-electron chi connectivity index (χ1n) is 8.10. The van der Waals surface area contributed by atoms with Crippen LogP contribution < -0.4 is 10.6 Å². The van der Waals surface area contributed by atoms with E-state index in [2.05, 4.69) is 20.8 Å². The molecular formula is C19H18N4O2S. The van der Waals surface area contributed by atoms with E-state index < -0.39 is 5.25 Å². The van der Waals surface area contributed by atoms with E-state index in [1.807, 2.05) is 61.5 Å². The number of hydrogen-bond acceptors (Lipinski definition) is 5. The molecule has 2 aromatic carbocycles. The highest BCUT2D eigenvalue weighted by atomic mass is 32.2. The number of thioether (sulfide) groups is 1. The number of anilines is 1. The molecule has 0 radical (unpaired) electrons. The van der Waals surface area contributed by atoms with Crippen LogP contribution in [-0.4, -0.2) is 28.4 Å². The number of carbonyl (C=O) groups is 2. The van der Waals surface area contributed by atoms with Crippen molar-refractivity contribution in [3.63, 3.8) is 0 Å². The van der Waals surface area contributed by atoms with Crippen LogP contribution in [0.15, 0.2) is 64.8 Å². The van der Waals surface area contributed by atoms with E-state index in [4.69, 9.17) is 0 Å². The van der Waals surface area contributed by atoms with E-state index >= 15 is 0 Å². The number of amidine groups is 1. The van der Waals surface area contributed by atoms with Crippen LogP contribution in [-0.2, 0) is 9.59 Å². The van der Waals surface area contributed by atoms with Crippen LogP contribution in [0.1, 0.15) is 17.5 Å². The summed E-state index contributed by atoms with van der Waals surface area (Å²) in [5, 5.41) is 13.3. The summed E-state index contributed by atoms with van der Waals surface area (Å²) in [6, 6.07) is 17.0. The predicted octanol–water partition coefficient (Wildman–Crippen LogP) is 2.95. The number of amides is 2. The minimum atomic E-state index is -0.508. The van der Waals surface area contributed by atoms with Crippen LogP contribution in [0, 0.1) is 6.92 Å². The third kappa shape index (κ3) is 5.03. The zero-order chi connectivity index (χ0) is 18.4. The second-order valence-electron chi connectivity index (χ2n) is 5.77. The molecule has 132 valence electrons. The summed E-state index contributed by atoms with van der Waals surface area (Å²) in [7, 11) is 0. The van der Waals surface area contributed by atoms with Crippen LogP contribution in [0.2, 0.25) is 0 Å². The van der Waals surface area contributed by atoms with Gasteiger partial charge >= 0.3 is 0 Å². The summed E-state index contributed by atoms with van der Waals surface area (Å²) >= 11 is 1.21. The van der Waals surface area contributed by atoms with Gasteiger partial charge in [-0.05, 0) is 24.6 Å². The molecule has 6 nitrogen and oxygen atoms in total. The van der Waals surface area contributed by atoms with Crippen LogP contribution in [0.5, 0.6) is 0 Å². The van der Waals surface area contributed by atoms with Gasteiger partial charge in [-0.2, -0.15) is 5.10 Å². The highest BCUT2D eigenvalue weighted by molar-refractivity contribution is 8.15. The summed E-state index contributed by atoms with van der Waals surface area (Å²) in [6.45, 7) is 1.98. The van der Waals surface area contributed by atoms with Gasteiger partial charge in [-0.25, -0.2) is 0 Å². The fourth-order valence-electron chi connectivity index (χ4n) is 2.29. The molecule has 0 aliphatic carbocycles. The number of nitrogens with zero attached hydrogens (tertiary/aromatic N) is 2. The SMILES string of the molecule is Cc1ccc(NC(=O)C[C@@H]2S/C(=N\N=C/c3ccccc3)NC2=O)cc1. The van der Waals surface area contributed by atoms with Crippen molar-refractivity contribution in [3.05, 3.63) is 65.7 Å². The Bertz CT molecular complexity index is 848. The average Bonchev–Trinajstić information content (AvgIpc) is 2.97. The Hall–Kier alpha value is -2.93. The van der Waals surface area contributed by atoms with Crippen molar-refractivity contribution in [2.24, 2.45) is 10.2 Å². The fraction of sp³-hybridized carbons (Fsp3) is 0.158. The minimum Gasteiger partial charge on any atom is -0.326 e. The molecule has 3 rings (SSSR count). The molecule has 1 aliphatic heterocycles. The molecule has 0 aromatic heterocycles. The standard InChI is InChI=1S/C19H18N4O2S/c1-13-7-9-15(10-8-13)21-17(24)11-16-18(25)22-19(26-16)23-20-12-14-5-3-2-4-6-14/h2-10,12,16H,11H2,1H3,(H,21,24)(H,22,23,25)/b20-12-/t16-/m0/s1. The molecule has 0 bridgehead atoms. The lowest BCUT2D eigenvalue weighted by molar-refractivity contribution is -0.122. The Balaban J connectivity index is 1.54. The predicted molar refractivity (Wildman–Crippen MR) is 105 cm³/mol. The van der Waals surface area contributed by atoms with Crippen molar-refractivity contribution >= 4 is 40.6 Å². The molecule has 0 unspecified atom stereocenters. The van der Waals surface area contributed by atoms with Gasteiger partial charge in [-0.15, -0.1) is 5.10 Å². The van der Waals surface area contributed by atoms with Gasteiger partial charge in [0.15, 0.2) is 5.17 Å². The quantitative estimate of drug-likeness (QED) is 0.630. The first-order chi connectivity index (χ1) is 12.6. The monoisotopic (exact) mass is 366 g/mol. The summed E-state index contributed by atoms with van der Waals surface area (Å²) in [5.41, 5.74) is 2.75. The molecule has 7 heteroatoms. The van der Waals surface area contributed by atoms with Crippen LogP contribution in [0.4, 0.5) is 5.69 Å². The molecule has 1 atom stereocenters. The van der Waals surface area contributed by atoms with Gasteiger partial charge in [0, 0.05) is 12.1 Å². The van der Waals surface area contributed by atoms with Crippen molar-refractivity contribution in [2.75, 3.05) is 5.32 Å². The van der Waals surface area contributed by atoms with E-state index in [9.17, 15) is 9.59 Å². The van der Waals surface area contributed by atoms with Crippen molar-refractivity contribution in [3.8, 4) is 0 Å². The third-order valence-electron chi connectivity index (χ3n) is 3.64. The number of benzene rings is 2. The van der Waals surface area contributed by atoms with E-state index in [1.54, 1.807) is 6.21 Å². The van der Waals surface area contributed by atoms with Crippen LogP contribution in [0.3, 0.4) is 0 Å². The van der Waals surface area contributed by atoms with Crippen molar-refractivity contribution in [1.29, 1.82) is 0 Å². The molecule has 0 saturated carbocycles. The average molecular weight is 366 g/mol. The first kappa shape index (κ1) is 17.9. The van der Waals surface area contributed by atoms with Crippen molar-refractivity contribution < 1.29 is 9.59 Å². The number of nitrogens with one attached hydrogen (secondary N) is 2. The zero-order valence-corrected chi connectivity index (χ0v) is 15.0. The van der Waals surface area contributed by atoms with E-state index in [-0.39, 0.29) is 18.2 Å². The lowest BCUT2D eigenvalue weighted by Gasteiger charge is -2.07. The lowest BCUT2D eigenvalue weighted by atomic mass is 10.2. The Labute approximate surface area is 155 Å². The lowest BCUT2D eigenvalue weighted by Crippen LogP contribution is -2.28. The Morgan fingerprint density at radius 2 is 1.92 bits per heavy atom. The zero-order valence-electron chi connectivity index (χ0n) is 14.2. The molecule has 2 aromatic rings. The number of aryl methyl sites for hydroxylation is 1. The Morgan fingerprint density at radius 3 is 2.65 bits per heavy atom. The Kier molecular flexibility index (Phi) is 5.80. The summed E-state index contributed by atoms with van der Waals surface area (Å²) in [4.78, 5) is 24.1. The number of rotatable bonds is 5. The van der Waals surface area contributed by atoms with E-state index in [0.29, 0.717) is 10.9 Å². The van der Waals surface area contributed by atoms with E-state index in [0.717, 1.165) is 11.1 Å². The molecule has 2 N–H and O–H groups in total. The van der Waals surface area contributed by atoms with Crippen molar-refractivity contribution in [2.45, 2.75) is 18.6 Å². The first-order valence-corrected chi connectivity index (χ1v) is 8.98. The smallest absolute Gasteiger partial charge is 0.240 e. The summed E-state index contributed by atoms with van der Waals surface area (Å²) in [6.07, 6.45) is 1.68. The van der Waals surface area contributed by atoms with Crippen LogP contribution in [0.25, 0.3) is 0 Å². The normalized spacial score (nSPS) is 18.3. The molecule has 1 saturated heterocycles. The fourth-order valence-corrected chi connectivity index (χ4v) is 3.21. The molecule has 0 spiro atoms. The van der Waals surface area contributed by atoms with Gasteiger partial charge < -0.3 is 10.6 Å². The third-order valence-corrected chi connectivity index (χ3v) is 4.71. The largest absolute Gasteiger partial charge is 0.326 e. The maximum absolute atomic E-state index is 12.1. The second kappa shape index (κ2) is 8.44. The van der Waals surface area contributed by atoms with Gasteiger partial charge in [0.2, 0.25) is 11.8 Å². The maximum atomic E-state index is 12.1. The van der Waals surface area contributed by atoms with Gasteiger partial charge in [0.25, 0.3) is 0 Å². The molecule has 1 fully saturated rings. The summed E-state index contributed by atoms with van der Waals surface area (Å²) in [5.74, 6) is -0.446.